The third-order valence-corrected chi connectivity index (χ3v) is 4.20. The number of nitrogens with zero attached hydrogens (tertiary/aromatic N) is 2. The van der Waals surface area contributed by atoms with Crippen LogP contribution in [-0.2, 0) is 11.3 Å². The largest absolute Gasteiger partial charge is 0.399 e. The van der Waals surface area contributed by atoms with Crippen molar-refractivity contribution in [1.82, 2.24) is 5.16 Å². The first kappa shape index (κ1) is 14.0. The number of hydrogen-bond donors (Lipinski definition) is 1. The summed E-state index contributed by atoms with van der Waals surface area (Å²) in [5.41, 5.74) is 7.57. The number of carbonyl (C=O) groups is 1. The van der Waals surface area contributed by atoms with E-state index in [1.165, 1.54) is 0 Å². The number of carbonyl (C=O) groups excluding carboxylic acids is 1. The van der Waals surface area contributed by atoms with Gasteiger partial charge in [-0.15, -0.1) is 11.8 Å². The first-order chi connectivity index (χ1) is 10.2. The molecule has 0 atom stereocenters. The van der Waals surface area contributed by atoms with Gasteiger partial charge in [0, 0.05) is 36.1 Å². The zero-order chi connectivity index (χ0) is 14.8. The smallest absolute Gasteiger partial charge is 0.280 e. The second-order valence-corrected chi connectivity index (χ2v) is 5.78. The predicted molar refractivity (Wildman–Crippen MR) is 80.5 cm³/mol. The van der Waals surface area contributed by atoms with Crippen molar-refractivity contribution in [3.8, 4) is 0 Å². The molecule has 0 saturated heterocycles. The van der Waals surface area contributed by atoms with E-state index >= 15 is 0 Å². The highest BCUT2D eigenvalue weighted by atomic mass is 32.2. The van der Waals surface area contributed by atoms with E-state index in [1.807, 2.05) is 18.2 Å². The summed E-state index contributed by atoms with van der Waals surface area (Å²) >= 11 is 1.71. The van der Waals surface area contributed by atoms with Crippen LogP contribution in [0.1, 0.15) is 16.2 Å². The molecule has 6 nitrogen and oxygen atoms in total. The Labute approximate surface area is 126 Å². The lowest BCUT2D eigenvalue weighted by Crippen LogP contribution is -2.35. The molecule has 0 bridgehead atoms. The van der Waals surface area contributed by atoms with Gasteiger partial charge in [-0.2, -0.15) is 0 Å². The summed E-state index contributed by atoms with van der Waals surface area (Å²) in [5.74, 6) is 1.18. The van der Waals surface area contributed by atoms with Gasteiger partial charge in [0.15, 0.2) is 11.5 Å². The van der Waals surface area contributed by atoms with Crippen LogP contribution in [0.2, 0.25) is 0 Å². The zero-order valence-corrected chi connectivity index (χ0v) is 12.4. The van der Waals surface area contributed by atoms with E-state index in [0.717, 1.165) is 16.3 Å². The van der Waals surface area contributed by atoms with Gasteiger partial charge in [0.05, 0.1) is 5.69 Å². The zero-order valence-electron chi connectivity index (χ0n) is 11.5. The highest BCUT2D eigenvalue weighted by Crippen LogP contribution is 2.36. The number of methoxy groups -OCH3 is 1. The normalized spacial score (nSPS) is 14.0. The molecule has 2 heterocycles. The van der Waals surface area contributed by atoms with Gasteiger partial charge in [-0.3, -0.25) is 4.79 Å². The summed E-state index contributed by atoms with van der Waals surface area (Å²) in [4.78, 5) is 15.3. The number of nitrogens with two attached hydrogens (primary N) is 1. The minimum absolute atomic E-state index is 0.187. The summed E-state index contributed by atoms with van der Waals surface area (Å²) in [6.45, 7) is 0.909. The maximum absolute atomic E-state index is 12.6. The average molecular weight is 305 g/mol. The number of nitrogen functional groups attached to an aromatic ring is 1. The number of benzene rings is 1. The summed E-state index contributed by atoms with van der Waals surface area (Å²) in [7, 11) is 1.56. The van der Waals surface area contributed by atoms with E-state index in [2.05, 4.69) is 5.16 Å². The molecule has 1 amide bonds. The quantitative estimate of drug-likeness (QED) is 0.875. The molecule has 0 aliphatic carbocycles. The van der Waals surface area contributed by atoms with Crippen molar-refractivity contribution >= 4 is 29.0 Å². The Bertz CT molecular complexity index is 671. The van der Waals surface area contributed by atoms with Crippen molar-refractivity contribution in [3.05, 3.63) is 35.7 Å². The fraction of sp³-hybridized carbons (Fsp3) is 0.286. The Morgan fingerprint density at radius 2 is 2.38 bits per heavy atom. The Morgan fingerprint density at radius 1 is 1.52 bits per heavy atom. The van der Waals surface area contributed by atoms with Crippen LogP contribution in [0.25, 0.3) is 0 Å². The lowest BCUT2D eigenvalue weighted by molar-refractivity contribution is 0.0978. The number of ether oxygens (including phenoxy) is 1. The van der Waals surface area contributed by atoms with Crippen LogP contribution in [0, 0.1) is 0 Å². The van der Waals surface area contributed by atoms with Gasteiger partial charge >= 0.3 is 0 Å². The van der Waals surface area contributed by atoms with Crippen molar-refractivity contribution in [2.75, 3.05) is 30.0 Å². The standard InChI is InChI=1S/C14H15N3O3S/c1-19-8-10-7-11(16-20-10)14(18)17-4-5-21-13-3-2-9(15)6-12(13)17/h2-3,6-7H,4-5,8,15H2,1H3. The van der Waals surface area contributed by atoms with Crippen molar-refractivity contribution < 1.29 is 14.1 Å². The maximum atomic E-state index is 12.6. The molecule has 0 radical (unpaired) electrons. The predicted octanol–water partition coefficient (Wildman–Crippen LogP) is 2.16. The van der Waals surface area contributed by atoms with E-state index in [0.29, 0.717) is 24.6 Å². The number of thioether (sulfide) groups is 1. The summed E-state index contributed by atoms with van der Waals surface area (Å²) in [5, 5.41) is 3.82. The third-order valence-electron chi connectivity index (χ3n) is 3.16. The number of rotatable bonds is 3. The van der Waals surface area contributed by atoms with Gasteiger partial charge in [0.25, 0.3) is 5.91 Å². The van der Waals surface area contributed by atoms with Crippen LogP contribution in [0.5, 0.6) is 0 Å². The molecule has 1 aromatic heterocycles. The van der Waals surface area contributed by atoms with Gasteiger partial charge in [0.1, 0.15) is 6.61 Å². The first-order valence-electron chi connectivity index (χ1n) is 6.48. The molecule has 0 saturated carbocycles. The Morgan fingerprint density at radius 3 is 3.19 bits per heavy atom. The van der Waals surface area contributed by atoms with E-state index in [-0.39, 0.29) is 11.6 Å². The number of hydrogen-bond acceptors (Lipinski definition) is 6. The van der Waals surface area contributed by atoms with E-state index < -0.39 is 0 Å². The number of fused-ring (bicyclic) bond motifs is 1. The van der Waals surface area contributed by atoms with Crippen molar-refractivity contribution in [2.45, 2.75) is 11.5 Å². The molecule has 1 aliphatic heterocycles. The average Bonchev–Trinajstić information content (AvgIpc) is 2.95. The van der Waals surface area contributed by atoms with E-state index in [1.54, 1.807) is 29.8 Å². The number of anilines is 2. The van der Waals surface area contributed by atoms with Crippen LogP contribution in [-0.4, -0.2) is 30.5 Å². The van der Waals surface area contributed by atoms with Gasteiger partial charge in [-0.05, 0) is 18.2 Å². The third kappa shape index (κ3) is 2.74. The lowest BCUT2D eigenvalue weighted by Gasteiger charge is -2.28. The van der Waals surface area contributed by atoms with Crippen LogP contribution in [0.15, 0.2) is 33.7 Å². The molecule has 1 aliphatic rings. The number of amides is 1. The monoisotopic (exact) mass is 305 g/mol. The molecule has 2 aromatic rings. The molecule has 1 aromatic carbocycles. The highest BCUT2D eigenvalue weighted by molar-refractivity contribution is 7.99. The second kappa shape index (κ2) is 5.79. The summed E-state index contributed by atoms with van der Waals surface area (Å²) < 4.78 is 10.0. The molecule has 110 valence electrons. The molecule has 21 heavy (non-hydrogen) atoms. The van der Waals surface area contributed by atoms with Gasteiger partial charge in [-0.25, -0.2) is 0 Å². The molecule has 0 unspecified atom stereocenters. The van der Waals surface area contributed by atoms with E-state index in [9.17, 15) is 4.79 Å². The molecular weight excluding hydrogens is 290 g/mol. The van der Waals surface area contributed by atoms with Crippen LogP contribution < -0.4 is 10.6 Å². The second-order valence-electron chi connectivity index (χ2n) is 4.64. The molecular formula is C14H15N3O3S. The Kier molecular flexibility index (Phi) is 3.85. The first-order valence-corrected chi connectivity index (χ1v) is 7.46. The minimum atomic E-state index is -0.187. The molecule has 3 rings (SSSR count). The molecule has 2 N–H and O–H groups in total. The minimum Gasteiger partial charge on any atom is -0.399 e. The van der Waals surface area contributed by atoms with E-state index in [4.69, 9.17) is 15.0 Å². The molecule has 0 spiro atoms. The summed E-state index contributed by atoms with van der Waals surface area (Å²) in [6, 6.07) is 7.20. The number of aromatic nitrogens is 1. The highest BCUT2D eigenvalue weighted by Gasteiger charge is 2.26. The van der Waals surface area contributed by atoms with Gasteiger partial charge in [-0.1, -0.05) is 5.16 Å². The van der Waals surface area contributed by atoms with Gasteiger partial charge < -0.3 is 19.9 Å². The van der Waals surface area contributed by atoms with Gasteiger partial charge in [0.2, 0.25) is 0 Å². The van der Waals surface area contributed by atoms with Crippen molar-refractivity contribution in [2.24, 2.45) is 0 Å². The van der Waals surface area contributed by atoms with Crippen LogP contribution in [0.4, 0.5) is 11.4 Å². The fourth-order valence-corrected chi connectivity index (χ4v) is 3.18. The maximum Gasteiger partial charge on any atom is 0.280 e. The van der Waals surface area contributed by atoms with Crippen LogP contribution >= 0.6 is 11.8 Å². The molecule has 0 fully saturated rings. The lowest BCUT2D eigenvalue weighted by atomic mass is 10.2. The summed E-state index contributed by atoms with van der Waals surface area (Å²) in [6.07, 6.45) is 0. The Hall–Kier alpha value is -1.99. The van der Waals surface area contributed by atoms with Crippen molar-refractivity contribution in [1.29, 1.82) is 0 Å². The van der Waals surface area contributed by atoms with Crippen molar-refractivity contribution in [3.63, 3.8) is 0 Å². The topological polar surface area (TPSA) is 81.6 Å². The Balaban J connectivity index is 1.90. The fourth-order valence-electron chi connectivity index (χ4n) is 2.21. The van der Waals surface area contributed by atoms with Crippen LogP contribution in [0.3, 0.4) is 0 Å². The molecule has 7 heteroatoms. The SMILES string of the molecule is COCc1cc(C(=O)N2CCSc3ccc(N)cc32)no1.